The highest BCUT2D eigenvalue weighted by molar-refractivity contribution is 6.12. The van der Waals surface area contributed by atoms with Crippen LogP contribution in [0.4, 0.5) is 0 Å². The Morgan fingerprint density at radius 3 is 1.17 bits per heavy atom. The fourth-order valence-corrected chi connectivity index (χ4v) is 2.92. The third-order valence-corrected chi connectivity index (χ3v) is 4.06. The third-order valence-electron chi connectivity index (χ3n) is 3.11. The Bertz CT molecular complexity index is 81.2. The van der Waals surface area contributed by atoms with Gasteiger partial charge in [-0.2, -0.15) is 0 Å². The fourth-order valence-electron chi connectivity index (χ4n) is 1.98. The van der Waals surface area contributed by atoms with Gasteiger partial charge in [-0.3, -0.25) is 0 Å². The highest BCUT2D eigenvalue weighted by Gasteiger charge is 2.20. The maximum atomic E-state index is 3.90. The molecule has 0 aliphatic rings. The van der Waals surface area contributed by atoms with Gasteiger partial charge in [-0.05, 0) is 17.4 Å². The fraction of sp³-hybridized carbons (Fsp3) is 1.00. The normalized spacial score (nSPS) is 12.0. The first-order chi connectivity index (χ1) is 5.71. The van der Waals surface area contributed by atoms with Crippen LogP contribution < -0.4 is 0 Å². The van der Waals surface area contributed by atoms with Crippen molar-refractivity contribution in [3.05, 3.63) is 0 Å². The number of hydrogen-bond acceptors (Lipinski definition) is 0. The molecule has 0 nitrogen and oxygen atoms in total. The molecule has 0 N–H and O–H groups in total. The molecule has 0 rings (SSSR count). The first-order valence-electron chi connectivity index (χ1n) is 5.42. The summed E-state index contributed by atoms with van der Waals surface area (Å²) in [6, 6.07) is 0. The van der Waals surface area contributed by atoms with Crippen LogP contribution >= 0.6 is 0 Å². The van der Waals surface area contributed by atoms with Crippen molar-refractivity contribution in [2.24, 2.45) is 11.8 Å². The molecule has 0 heterocycles. The van der Waals surface area contributed by atoms with Crippen LogP contribution in [-0.4, -0.2) is 10.2 Å². The van der Waals surface area contributed by atoms with Crippen LogP contribution in [0.15, 0.2) is 0 Å². The monoisotopic (exact) mass is 183 g/mol. The summed E-state index contributed by atoms with van der Waals surface area (Å²) in [4.78, 5) is 0. The summed E-state index contributed by atoms with van der Waals surface area (Å²) in [5.74, 6) is 1.73. The minimum absolute atomic E-state index is 0.731. The molecule has 0 atom stereocenters. The van der Waals surface area contributed by atoms with Crippen molar-refractivity contribution in [2.75, 3.05) is 0 Å². The van der Waals surface area contributed by atoms with E-state index in [4.69, 9.17) is 0 Å². The van der Waals surface area contributed by atoms with Crippen molar-refractivity contribution < 1.29 is 0 Å². The summed E-state index contributed by atoms with van der Waals surface area (Å²) in [5.41, 5.74) is 0.731. The average Bonchev–Trinajstić information content (AvgIpc) is 2.09. The summed E-state index contributed by atoms with van der Waals surface area (Å²) in [6.45, 7) is 9.18. The van der Waals surface area contributed by atoms with E-state index in [1.165, 1.54) is 25.7 Å². The zero-order valence-corrected chi connectivity index (χ0v) is 10.1. The van der Waals surface area contributed by atoms with E-state index < -0.39 is 0 Å². The topological polar surface area (TPSA) is 0 Å². The Labute approximate surface area is 81.6 Å². The van der Waals surface area contributed by atoms with Crippen molar-refractivity contribution in [3.8, 4) is 0 Å². The lowest BCUT2D eigenvalue weighted by atomic mass is 9.87. The standard InChI is InChI=1S/C11H23Si/c1-5-9(6-2)11(12)10(7-3)8-4/h9-11H,5-8H2,1-4H3. The molecule has 0 amide bonds. The van der Waals surface area contributed by atoms with Crippen molar-refractivity contribution in [2.45, 2.75) is 58.9 Å². The van der Waals surface area contributed by atoms with Crippen molar-refractivity contribution in [1.82, 2.24) is 0 Å². The van der Waals surface area contributed by atoms with Gasteiger partial charge in [0.25, 0.3) is 0 Å². The third kappa shape index (κ3) is 3.30. The van der Waals surface area contributed by atoms with Gasteiger partial charge in [-0.1, -0.05) is 53.4 Å². The second kappa shape index (κ2) is 6.70. The number of rotatable bonds is 6. The molecule has 0 aliphatic heterocycles. The van der Waals surface area contributed by atoms with Gasteiger partial charge >= 0.3 is 0 Å². The van der Waals surface area contributed by atoms with Gasteiger partial charge < -0.3 is 0 Å². The molecule has 0 spiro atoms. The Kier molecular flexibility index (Phi) is 6.82. The quantitative estimate of drug-likeness (QED) is 0.549. The Balaban J connectivity index is 4.02. The minimum atomic E-state index is 0.731. The highest BCUT2D eigenvalue weighted by atomic mass is 28.1. The van der Waals surface area contributed by atoms with E-state index in [0.29, 0.717) is 0 Å². The van der Waals surface area contributed by atoms with E-state index in [0.717, 1.165) is 17.4 Å². The van der Waals surface area contributed by atoms with E-state index in [1.54, 1.807) is 0 Å². The van der Waals surface area contributed by atoms with Crippen LogP contribution in [0.1, 0.15) is 53.4 Å². The SMILES string of the molecule is CCC(CC)C([Si])C(CC)CC. The molecular weight excluding hydrogens is 160 g/mol. The predicted octanol–water partition coefficient (Wildman–Crippen LogP) is 3.82. The first-order valence-corrected chi connectivity index (χ1v) is 5.99. The van der Waals surface area contributed by atoms with Gasteiger partial charge in [-0.15, -0.1) is 0 Å². The lowest BCUT2D eigenvalue weighted by molar-refractivity contribution is 0.339. The largest absolute Gasteiger partial charge is 0.0651 e. The molecule has 0 aromatic carbocycles. The lowest BCUT2D eigenvalue weighted by Gasteiger charge is -2.28. The van der Waals surface area contributed by atoms with Gasteiger partial charge in [0.15, 0.2) is 0 Å². The van der Waals surface area contributed by atoms with Crippen LogP contribution in [0.2, 0.25) is 5.54 Å². The predicted molar refractivity (Wildman–Crippen MR) is 57.6 cm³/mol. The Morgan fingerprint density at radius 2 is 1.00 bits per heavy atom. The van der Waals surface area contributed by atoms with E-state index in [-0.39, 0.29) is 0 Å². The van der Waals surface area contributed by atoms with Crippen LogP contribution in [0, 0.1) is 11.8 Å². The molecule has 0 aromatic heterocycles. The number of hydrogen-bond donors (Lipinski definition) is 0. The molecule has 0 saturated heterocycles. The van der Waals surface area contributed by atoms with Crippen LogP contribution in [0.3, 0.4) is 0 Å². The Hall–Kier alpha value is 0.217. The smallest absolute Gasteiger partial charge is 0.0273 e. The van der Waals surface area contributed by atoms with E-state index in [9.17, 15) is 0 Å². The van der Waals surface area contributed by atoms with Crippen molar-refractivity contribution in [1.29, 1.82) is 0 Å². The van der Waals surface area contributed by atoms with Gasteiger partial charge in [0.2, 0.25) is 0 Å². The molecule has 12 heavy (non-hydrogen) atoms. The lowest BCUT2D eigenvalue weighted by Crippen LogP contribution is -2.16. The van der Waals surface area contributed by atoms with Gasteiger partial charge in [-0.25, -0.2) is 0 Å². The van der Waals surface area contributed by atoms with Gasteiger partial charge in [0.05, 0.1) is 0 Å². The maximum absolute atomic E-state index is 3.90. The molecule has 0 aliphatic carbocycles. The second-order valence-corrected chi connectivity index (χ2v) is 4.35. The molecule has 0 aromatic rings. The maximum Gasteiger partial charge on any atom is 0.0273 e. The van der Waals surface area contributed by atoms with Crippen LogP contribution in [0.5, 0.6) is 0 Å². The molecule has 71 valence electrons. The summed E-state index contributed by atoms with van der Waals surface area (Å²) in [7, 11) is 3.90. The first kappa shape index (κ1) is 12.2. The van der Waals surface area contributed by atoms with Gasteiger partial charge in [0.1, 0.15) is 0 Å². The van der Waals surface area contributed by atoms with E-state index in [1.807, 2.05) is 0 Å². The summed E-state index contributed by atoms with van der Waals surface area (Å²) in [5, 5.41) is 0. The summed E-state index contributed by atoms with van der Waals surface area (Å²) >= 11 is 0. The molecule has 0 fully saturated rings. The van der Waals surface area contributed by atoms with Crippen molar-refractivity contribution in [3.63, 3.8) is 0 Å². The summed E-state index contributed by atoms with van der Waals surface area (Å²) in [6.07, 6.45) is 5.23. The second-order valence-electron chi connectivity index (χ2n) is 3.68. The highest BCUT2D eigenvalue weighted by Crippen LogP contribution is 2.33. The molecular formula is C11H23Si. The molecule has 1 heteroatoms. The zero-order valence-electron chi connectivity index (χ0n) is 9.06. The van der Waals surface area contributed by atoms with E-state index in [2.05, 4.69) is 37.9 Å². The minimum Gasteiger partial charge on any atom is -0.0651 e. The summed E-state index contributed by atoms with van der Waals surface area (Å²) < 4.78 is 0. The Morgan fingerprint density at radius 1 is 0.750 bits per heavy atom. The van der Waals surface area contributed by atoms with Crippen LogP contribution in [-0.2, 0) is 0 Å². The average molecular weight is 183 g/mol. The molecule has 0 unspecified atom stereocenters. The van der Waals surface area contributed by atoms with Crippen LogP contribution in [0.25, 0.3) is 0 Å². The zero-order chi connectivity index (χ0) is 9.56. The van der Waals surface area contributed by atoms with E-state index >= 15 is 0 Å². The molecule has 3 radical (unpaired) electrons. The van der Waals surface area contributed by atoms with Crippen molar-refractivity contribution >= 4 is 10.2 Å². The molecule has 0 bridgehead atoms. The van der Waals surface area contributed by atoms with Gasteiger partial charge in [0, 0.05) is 10.2 Å². The molecule has 0 saturated carbocycles.